The molecule has 2 N–H and O–H groups in total. The normalized spacial score (nSPS) is 18.1. The summed E-state index contributed by atoms with van der Waals surface area (Å²) in [5.41, 5.74) is 2.23. The predicted molar refractivity (Wildman–Crippen MR) is 115 cm³/mol. The smallest absolute Gasteiger partial charge is 0.387 e. The molecule has 10 nitrogen and oxygen atoms in total. The predicted octanol–water partition coefficient (Wildman–Crippen LogP) is 1.93. The Morgan fingerprint density at radius 3 is 2.69 bits per heavy atom. The Morgan fingerprint density at radius 1 is 1.19 bits per heavy atom. The Hall–Kier alpha value is -3.73. The van der Waals surface area contributed by atoms with E-state index in [0.717, 1.165) is 10.2 Å². The Bertz CT molecular complexity index is 1190. The van der Waals surface area contributed by atoms with Crippen molar-refractivity contribution in [3.8, 4) is 10.8 Å². The number of aromatic nitrogens is 2. The van der Waals surface area contributed by atoms with Gasteiger partial charge in [-0.2, -0.15) is 9.69 Å². The van der Waals surface area contributed by atoms with Crippen LogP contribution in [0.5, 0.6) is 0 Å². The largest absolute Gasteiger partial charge is 0.437 e. The molecular formula is C21H21N5O5S. The lowest BCUT2D eigenvalue weighted by molar-refractivity contribution is -0.139. The van der Waals surface area contributed by atoms with Gasteiger partial charge in [0.15, 0.2) is 0 Å². The summed E-state index contributed by atoms with van der Waals surface area (Å²) in [6.45, 7) is 1.57. The Kier molecular flexibility index (Phi) is 5.91. The van der Waals surface area contributed by atoms with Crippen molar-refractivity contribution in [3.63, 3.8) is 0 Å². The molecule has 166 valence electrons. The van der Waals surface area contributed by atoms with Crippen LogP contribution >= 0.6 is 11.3 Å². The summed E-state index contributed by atoms with van der Waals surface area (Å²) in [7, 11) is 0. The molecule has 0 saturated carbocycles. The van der Waals surface area contributed by atoms with Gasteiger partial charge in [-0.1, -0.05) is 36.4 Å². The molecular weight excluding hydrogens is 434 g/mol. The molecule has 0 aliphatic carbocycles. The quantitative estimate of drug-likeness (QED) is 0.500. The van der Waals surface area contributed by atoms with Crippen LogP contribution in [-0.4, -0.2) is 38.2 Å². The second-order valence-electron chi connectivity index (χ2n) is 7.55. The van der Waals surface area contributed by atoms with Crippen LogP contribution in [0.1, 0.15) is 25.3 Å². The van der Waals surface area contributed by atoms with Gasteiger partial charge in [-0.3, -0.25) is 15.0 Å². The lowest BCUT2D eigenvalue weighted by Crippen LogP contribution is -2.49. The maximum Gasteiger partial charge on any atom is 0.437 e. The molecule has 0 spiro atoms. The molecule has 1 aromatic carbocycles. The summed E-state index contributed by atoms with van der Waals surface area (Å²) in [6, 6.07) is 12.5. The third kappa shape index (κ3) is 4.47. The first-order valence-corrected chi connectivity index (χ1v) is 10.9. The number of amides is 4. The van der Waals surface area contributed by atoms with Gasteiger partial charge in [-0.15, -0.1) is 16.4 Å². The number of urea groups is 1. The molecule has 32 heavy (non-hydrogen) atoms. The maximum absolute atomic E-state index is 12.8. The molecule has 0 radical (unpaired) electrons. The average Bonchev–Trinajstić information content (AvgIpc) is 3.48. The summed E-state index contributed by atoms with van der Waals surface area (Å²) in [6.07, 6.45) is 0.800. The van der Waals surface area contributed by atoms with E-state index in [9.17, 15) is 19.2 Å². The minimum atomic E-state index is -1.13. The molecule has 3 heterocycles. The maximum atomic E-state index is 12.8. The zero-order valence-corrected chi connectivity index (χ0v) is 18.1. The average molecular weight is 455 g/mol. The molecule has 11 heteroatoms. The molecule has 1 unspecified atom stereocenters. The SMILES string of the molecule is CC1(CCc2ccccc2)NC(=O)N(NC(=O)CCn2nc(-c3cccs3)oc2=O)C1=O. The van der Waals surface area contributed by atoms with Crippen LogP contribution in [0.15, 0.2) is 57.1 Å². The van der Waals surface area contributed by atoms with Crippen molar-refractivity contribution < 1.29 is 18.8 Å². The Balaban J connectivity index is 1.33. The second kappa shape index (κ2) is 8.79. The van der Waals surface area contributed by atoms with Crippen molar-refractivity contribution in [2.24, 2.45) is 0 Å². The Morgan fingerprint density at radius 2 is 1.97 bits per heavy atom. The van der Waals surface area contributed by atoms with Crippen LogP contribution in [0.2, 0.25) is 0 Å². The molecule has 1 fully saturated rings. The first-order valence-electron chi connectivity index (χ1n) is 9.98. The third-order valence-corrected chi connectivity index (χ3v) is 6.00. The molecule has 1 atom stereocenters. The van der Waals surface area contributed by atoms with Crippen molar-refractivity contribution >= 4 is 29.2 Å². The molecule has 1 aliphatic heterocycles. The van der Waals surface area contributed by atoms with Gasteiger partial charge in [-0.25, -0.2) is 9.59 Å². The minimum Gasteiger partial charge on any atom is -0.387 e. The highest BCUT2D eigenvalue weighted by Crippen LogP contribution is 2.23. The van der Waals surface area contributed by atoms with Gasteiger partial charge in [-0.05, 0) is 36.8 Å². The highest BCUT2D eigenvalue weighted by Gasteiger charge is 2.48. The van der Waals surface area contributed by atoms with E-state index in [1.165, 1.54) is 11.3 Å². The van der Waals surface area contributed by atoms with Crippen LogP contribution in [0, 0.1) is 0 Å². The highest BCUT2D eigenvalue weighted by atomic mass is 32.1. The van der Waals surface area contributed by atoms with Crippen LogP contribution in [0.3, 0.4) is 0 Å². The summed E-state index contributed by atoms with van der Waals surface area (Å²) in [5.74, 6) is -1.66. The van der Waals surface area contributed by atoms with Crippen molar-refractivity contribution in [3.05, 3.63) is 64.0 Å². The number of nitrogens with one attached hydrogen (secondary N) is 2. The van der Waals surface area contributed by atoms with Crippen LogP contribution in [0.25, 0.3) is 10.8 Å². The topological polar surface area (TPSA) is 127 Å². The van der Waals surface area contributed by atoms with Gasteiger partial charge in [0, 0.05) is 6.42 Å². The van der Waals surface area contributed by atoms with Crippen molar-refractivity contribution in [1.82, 2.24) is 25.5 Å². The fourth-order valence-corrected chi connectivity index (χ4v) is 3.97. The van der Waals surface area contributed by atoms with Gasteiger partial charge >= 0.3 is 11.8 Å². The number of hydrogen-bond acceptors (Lipinski definition) is 7. The number of carbonyl (C=O) groups is 3. The first kappa shape index (κ1) is 21.5. The van der Waals surface area contributed by atoms with E-state index < -0.39 is 29.1 Å². The summed E-state index contributed by atoms with van der Waals surface area (Å²) in [4.78, 5) is 50.1. The number of rotatable bonds is 8. The molecule has 1 aliphatic rings. The Labute approximate surface area is 186 Å². The van der Waals surface area contributed by atoms with Crippen molar-refractivity contribution in [2.75, 3.05) is 0 Å². The van der Waals surface area contributed by atoms with E-state index in [2.05, 4.69) is 15.8 Å². The number of imide groups is 1. The number of carbonyl (C=O) groups excluding carboxylic acids is 3. The second-order valence-corrected chi connectivity index (χ2v) is 8.49. The van der Waals surface area contributed by atoms with Gasteiger partial charge in [0.2, 0.25) is 5.91 Å². The van der Waals surface area contributed by atoms with Gasteiger partial charge in [0.1, 0.15) is 5.54 Å². The van der Waals surface area contributed by atoms with E-state index >= 15 is 0 Å². The number of hydrogen-bond donors (Lipinski definition) is 2. The number of nitrogens with zero attached hydrogens (tertiary/aromatic N) is 3. The van der Waals surface area contributed by atoms with Crippen molar-refractivity contribution in [2.45, 2.75) is 38.3 Å². The molecule has 0 bridgehead atoms. The van der Waals surface area contributed by atoms with E-state index in [4.69, 9.17) is 4.42 Å². The number of aryl methyl sites for hydroxylation is 2. The van der Waals surface area contributed by atoms with Crippen LogP contribution in [0.4, 0.5) is 4.79 Å². The fourth-order valence-electron chi connectivity index (χ4n) is 3.33. The lowest BCUT2D eigenvalue weighted by atomic mass is 9.93. The van der Waals surface area contributed by atoms with Gasteiger partial charge < -0.3 is 9.73 Å². The van der Waals surface area contributed by atoms with E-state index in [0.29, 0.717) is 22.7 Å². The number of thiophene rings is 1. The summed E-state index contributed by atoms with van der Waals surface area (Å²) < 4.78 is 6.13. The minimum absolute atomic E-state index is 0.0610. The standard InChI is InChI=1S/C21H21N5O5S/c1-21(11-9-14-6-3-2-4-7-14)18(28)26(19(29)22-21)23-16(27)10-12-25-20(30)31-17(24-25)15-8-5-13-32-15/h2-8,13H,9-12H2,1H3,(H,22,29)(H,23,27). The van der Waals surface area contributed by atoms with Crippen molar-refractivity contribution in [1.29, 1.82) is 0 Å². The van der Waals surface area contributed by atoms with Gasteiger partial charge in [0.05, 0.1) is 11.4 Å². The number of hydrazine groups is 1. The number of benzene rings is 1. The zero-order valence-electron chi connectivity index (χ0n) is 17.2. The molecule has 2 aromatic heterocycles. The molecule has 3 aromatic rings. The third-order valence-electron chi connectivity index (χ3n) is 5.14. The zero-order chi connectivity index (χ0) is 22.7. The van der Waals surface area contributed by atoms with Gasteiger partial charge in [0.25, 0.3) is 11.8 Å². The first-order chi connectivity index (χ1) is 15.4. The molecule has 4 rings (SSSR count). The van der Waals surface area contributed by atoms with E-state index in [1.807, 2.05) is 35.7 Å². The van der Waals surface area contributed by atoms with Crippen LogP contribution in [-0.2, 0) is 22.6 Å². The highest BCUT2D eigenvalue weighted by molar-refractivity contribution is 7.13. The molecule has 4 amide bonds. The van der Waals surface area contributed by atoms with E-state index in [-0.39, 0.29) is 18.9 Å². The summed E-state index contributed by atoms with van der Waals surface area (Å²) >= 11 is 1.37. The fraction of sp³-hybridized carbons (Fsp3) is 0.286. The monoisotopic (exact) mass is 455 g/mol. The van der Waals surface area contributed by atoms with Crippen LogP contribution < -0.4 is 16.5 Å². The summed E-state index contributed by atoms with van der Waals surface area (Å²) in [5, 5.41) is 9.24. The molecule has 1 saturated heterocycles. The lowest BCUT2D eigenvalue weighted by Gasteiger charge is -2.21. The van der Waals surface area contributed by atoms with E-state index in [1.54, 1.807) is 19.1 Å².